The Hall–Kier alpha value is -7.37. The van der Waals surface area contributed by atoms with Crippen LogP contribution in [0.1, 0.15) is 0 Å². The van der Waals surface area contributed by atoms with Gasteiger partial charge in [-0.05, 0) is 65.2 Å². The number of para-hydroxylation sites is 3. The van der Waals surface area contributed by atoms with Gasteiger partial charge in [0, 0.05) is 44.7 Å². The summed E-state index contributed by atoms with van der Waals surface area (Å²) in [5.74, 6) is 0.550. The molecule has 11 aromatic rings. The maximum atomic E-state index is 6.73. The number of oxazole rings is 1. The van der Waals surface area contributed by atoms with Crippen LogP contribution in [0.3, 0.4) is 0 Å². The third kappa shape index (κ3) is 4.83. The largest absolute Gasteiger partial charge is 0.456 e. The molecule has 0 amide bonds. The predicted molar refractivity (Wildman–Crippen MR) is 220 cm³/mol. The van der Waals surface area contributed by atoms with Crippen LogP contribution in [-0.4, -0.2) is 4.98 Å². The molecule has 0 aliphatic heterocycles. The molecule has 0 bridgehead atoms. The highest BCUT2D eigenvalue weighted by Gasteiger charge is 2.25. The number of hydrogen-bond donors (Lipinski definition) is 0. The monoisotopic (exact) mass is 694 g/mol. The van der Waals surface area contributed by atoms with Crippen LogP contribution < -0.4 is 4.90 Å². The van der Waals surface area contributed by atoms with Crippen molar-refractivity contribution in [3.8, 4) is 33.7 Å². The molecule has 5 nitrogen and oxygen atoms in total. The molecule has 3 heterocycles. The van der Waals surface area contributed by atoms with Crippen LogP contribution in [-0.2, 0) is 0 Å². The number of fused-ring (bicyclic) bond motifs is 8. The summed E-state index contributed by atoms with van der Waals surface area (Å²) in [6.45, 7) is 0. The fourth-order valence-electron chi connectivity index (χ4n) is 7.78. The van der Waals surface area contributed by atoms with Gasteiger partial charge in [-0.15, -0.1) is 0 Å². The van der Waals surface area contributed by atoms with E-state index >= 15 is 0 Å². The van der Waals surface area contributed by atoms with Crippen molar-refractivity contribution < 1.29 is 13.3 Å². The summed E-state index contributed by atoms with van der Waals surface area (Å²) in [6.07, 6.45) is 0. The molecule has 0 N–H and O–H groups in total. The first-order valence-electron chi connectivity index (χ1n) is 18.0. The molecule has 8 aromatic carbocycles. The van der Waals surface area contributed by atoms with Gasteiger partial charge in [0.2, 0.25) is 5.89 Å². The lowest BCUT2D eigenvalue weighted by Gasteiger charge is -2.26. The predicted octanol–water partition coefficient (Wildman–Crippen LogP) is 14.1. The molecular weight excluding hydrogens is 665 g/mol. The Morgan fingerprint density at radius 2 is 1.02 bits per heavy atom. The summed E-state index contributed by atoms with van der Waals surface area (Å²) in [5.41, 5.74) is 12.7. The molecule has 254 valence electrons. The highest BCUT2D eigenvalue weighted by atomic mass is 16.4. The van der Waals surface area contributed by atoms with E-state index in [2.05, 4.69) is 120 Å². The average molecular weight is 695 g/mol. The van der Waals surface area contributed by atoms with Gasteiger partial charge in [0.1, 0.15) is 27.8 Å². The van der Waals surface area contributed by atoms with Gasteiger partial charge >= 0.3 is 0 Å². The zero-order chi connectivity index (χ0) is 35.6. The zero-order valence-corrected chi connectivity index (χ0v) is 28.9. The Bertz CT molecular complexity index is 3160. The van der Waals surface area contributed by atoms with Gasteiger partial charge in [0.25, 0.3) is 0 Å². The Labute approximate surface area is 309 Å². The third-order valence-corrected chi connectivity index (χ3v) is 10.3. The fourth-order valence-corrected chi connectivity index (χ4v) is 7.78. The van der Waals surface area contributed by atoms with Crippen LogP contribution in [0.25, 0.3) is 88.7 Å². The Morgan fingerprint density at radius 1 is 0.389 bits per heavy atom. The molecular formula is C49H30N2O3. The second-order valence-electron chi connectivity index (χ2n) is 13.5. The van der Waals surface area contributed by atoms with Gasteiger partial charge < -0.3 is 18.2 Å². The van der Waals surface area contributed by atoms with E-state index in [4.69, 9.17) is 18.2 Å². The topological polar surface area (TPSA) is 55.6 Å². The maximum absolute atomic E-state index is 6.73. The Balaban J connectivity index is 1.17. The first-order valence-corrected chi connectivity index (χ1v) is 18.0. The minimum absolute atomic E-state index is 0.550. The van der Waals surface area contributed by atoms with E-state index < -0.39 is 0 Å². The minimum atomic E-state index is 0.550. The fraction of sp³-hybridized carbons (Fsp3) is 0. The van der Waals surface area contributed by atoms with Crippen LogP contribution >= 0.6 is 0 Å². The van der Waals surface area contributed by atoms with E-state index in [9.17, 15) is 0 Å². The van der Waals surface area contributed by atoms with E-state index in [0.29, 0.717) is 11.5 Å². The van der Waals surface area contributed by atoms with Gasteiger partial charge in [0.15, 0.2) is 5.58 Å². The lowest BCUT2D eigenvalue weighted by Crippen LogP contribution is -2.10. The molecule has 0 spiro atoms. The second kappa shape index (κ2) is 12.1. The summed E-state index contributed by atoms with van der Waals surface area (Å²) >= 11 is 0. The standard InChI is InChI=1S/C49H30N2O3/c1-3-13-31(14-4-1)32-25-27-35(28-26-32)51(36-18-11-17-34(29-36)37-21-12-22-39-38-19-7-9-23-42(38)53-47(37)39)41-30-44-45(40-20-8-10-24-43(40)52-44)48-46(41)50-49(54-48)33-15-5-2-6-16-33/h1-30H. The number of aromatic nitrogens is 1. The number of nitrogens with zero attached hydrogens (tertiary/aromatic N) is 2. The van der Waals surface area contributed by atoms with Gasteiger partial charge in [0.05, 0.1) is 11.1 Å². The molecule has 54 heavy (non-hydrogen) atoms. The van der Waals surface area contributed by atoms with Gasteiger partial charge in [-0.1, -0.05) is 127 Å². The van der Waals surface area contributed by atoms with Crippen LogP contribution in [0, 0.1) is 0 Å². The van der Waals surface area contributed by atoms with Crippen LogP contribution in [0.4, 0.5) is 17.1 Å². The molecule has 0 radical (unpaired) electrons. The number of rotatable bonds is 6. The first kappa shape index (κ1) is 30.3. The second-order valence-corrected chi connectivity index (χ2v) is 13.5. The number of hydrogen-bond acceptors (Lipinski definition) is 5. The van der Waals surface area contributed by atoms with Crippen molar-refractivity contribution in [1.82, 2.24) is 4.98 Å². The van der Waals surface area contributed by atoms with Crippen molar-refractivity contribution in [2.75, 3.05) is 4.90 Å². The van der Waals surface area contributed by atoms with Crippen molar-refractivity contribution in [1.29, 1.82) is 0 Å². The van der Waals surface area contributed by atoms with Crippen LogP contribution in [0.15, 0.2) is 195 Å². The molecule has 0 saturated heterocycles. The van der Waals surface area contributed by atoms with Crippen molar-refractivity contribution >= 4 is 72.0 Å². The van der Waals surface area contributed by atoms with Crippen LogP contribution in [0.2, 0.25) is 0 Å². The minimum Gasteiger partial charge on any atom is -0.456 e. The molecule has 0 aliphatic carbocycles. The van der Waals surface area contributed by atoms with Gasteiger partial charge in [-0.25, -0.2) is 4.98 Å². The first-order chi connectivity index (χ1) is 26.8. The number of furan rings is 2. The summed E-state index contributed by atoms with van der Waals surface area (Å²) < 4.78 is 19.8. The number of benzene rings is 8. The van der Waals surface area contributed by atoms with E-state index in [1.807, 2.05) is 66.7 Å². The maximum Gasteiger partial charge on any atom is 0.227 e. The Morgan fingerprint density at radius 3 is 1.81 bits per heavy atom. The smallest absolute Gasteiger partial charge is 0.227 e. The highest BCUT2D eigenvalue weighted by molar-refractivity contribution is 6.20. The highest BCUT2D eigenvalue weighted by Crippen LogP contribution is 2.47. The summed E-state index contributed by atoms with van der Waals surface area (Å²) in [6, 6.07) is 62.6. The third-order valence-electron chi connectivity index (χ3n) is 10.3. The van der Waals surface area contributed by atoms with E-state index in [-0.39, 0.29) is 0 Å². The summed E-state index contributed by atoms with van der Waals surface area (Å²) in [4.78, 5) is 7.49. The van der Waals surface area contributed by atoms with Gasteiger partial charge in [-0.3, -0.25) is 0 Å². The normalized spacial score (nSPS) is 11.7. The molecule has 0 fully saturated rings. The van der Waals surface area contributed by atoms with Gasteiger partial charge in [-0.2, -0.15) is 0 Å². The van der Waals surface area contributed by atoms with E-state index in [1.54, 1.807) is 0 Å². The van der Waals surface area contributed by atoms with E-state index in [0.717, 1.165) is 94.3 Å². The molecule has 0 aliphatic rings. The summed E-state index contributed by atoms with van der Waals surface area (Å²) in [5, 5.41) is 4.09. The van der Waals surface area contributed by atoms with Crippen molar-refractivity contribution in [2.45, 2.75) is 0 Å². The summed E-state index contributed by atoms with van der Waals surface area (Å²) in [7, 11) is 0. The lowest BCUT2D eigenvalue weighted by molar-refractivity contribution is 0.622. The van der Waals surface area contributed by atoms with Crippen molar-refractivity contribution in [3.63, 3.8) is 0 Å². The zero-order valence-electron chi connectivity index (χ0n) is 28.9. The molecule has 5 heteroatoms. The molecule has 11 rings (SSSR count). The molecule has 0 saturated carbocycles. The van der Waals surface area contributed by atoms with E-state index in [1.165, 1.54) is 0 Å². The molecule has 3 aromatic heterocycles. The Kier molecular flexibility index (Phi) is 6.79. The van der Waals surface area contributed by atoms with Crippen molar-refractivity contribution in [2.24, 2.45) is 0 Å². The lowest BCUT2D eigenvalue weighted by atomic mass is 10.0. The molecule has 0 unspecified atom stereocenters. The average Bonchev–Trinajstić information content (AvgIpc) is 3.96. The van der Waals surface area contributed by atoms with Crippen LogP contribution in [0.5, 0.6) is 0 Å². The van der Waals surface area contributed by atoms with Crippen molar-refractivity contribution in [3.05, 3.63) is 182 Å². The quantitative estimate of drug-likeness (QED) is 0.173. The SMILES string of the molecule is c1ccc(-c2ccc(N(c3cccc(-c4cccc5c4oc4ccccc45)c3)c3cc4oc5ccccc5c4c4oc(-c5ccccc5)nc34)cc2)cc1. The molecule has 0 atom stereocenters. The number of anilines is 3.